The molecule has 0 aromatic heterocycles. The third kappa shape index (κ3) is 5.24. The van der Waals surface area contributed by atoms with E-state index in [2.05, 4.69) is 5.32 Å². The van der Waals surface area contributed by atoms with E-state index in [4.69, 9.17) is 4.74 Å². The van der Waals surface area contributed by atoms with Gasteiger partial charge in [0.2, 0.25) is 5.91 Å². The Balaban J connectivity index is 1.79. The molecule has 29 heavy (non-hydrogen) atoms. The summed E-state index contributed by atoms with van der Waals surface area (Å²) in [4.78, 5) is 27.7. The maximum atomic E-state index is 13.3. The lowest BCUT2D eigenvalue weighted by molar-refractivity contribution is -0.117. The molecule has 2 aromatic rings. The number of nitrogens with zero attached hydrogens (tertiary/aromatic N) is 1. The molecule has 1 fully saturated rings. The Labute approximate surface area is 173 Å². The summed E-state index contributed by atoms with van der Waals surface area (Å²) in [5, 5.41) is 2.97. The van der Waals surface area contributed by atoms with Crippen LogP contribution < -0.4 is 5.32 Å². The first-order valence-electron chi connectivity index (χ1n) is 10.2. The van der Waals surface area contributed by atoms with E-state index in [0.29, 0.717) is 18.7 Å². The third-order valence-corrected chi connectivity index (χ3v) is 5.57. The Hall–Kier alpha value is -2.66. The fraction of sp³-hybridized carbons (Fsp3) is 0.417. The highest BCUT2D eigenvalue weighted by Crippen LogP contribution is 2.20. The normalized spacial score (nSPS) is 15.9. The van der Waals surface area contributed by atoms with E-state index in [9.17, 15) is 9.59 Å². The quantitative estimate of drug-likeness (QED) is 0.800. The van der Waals surface area contributed by atoms with Crippen molar-refractivity contribution in [2.75, 3.05) is 25.0 Å². The van der Waals surface area contributed by atoms with Crippen molar-refractivity contribution in [1.82, 2.24) is 4.90 Å². The van der Waals surface area contributed by atoms with Crippen molar-refractivity contribution in [1.29, 1.82) is 0 Å². The van der Waals surface area contributed by atoms with Gasteiger partial charge in [0.25, 0.3) is 5.91 Å². The topological polar surface area (TPSA) is 58.6 Å². The van der Waals surface area contributed by atoms with Crippen molar-refractivity contribution in [3.63, 3.8) is 0 Å². The van der Waals surface area contributed by atoms with E-state index in [1.165, 1.54) is 0 Å². The van der Waals surface area contributed by atoms with Crippen LogP contribution in [0.25, 0.3) is 0 Å². The molecule has 154 valence electrons. The van der Waals surface area contributed by atoms with Crippen LogP contribution >= 0.6 is 0 Å². The molecule has 0 spiro atoms. The molecule has 0 aliphatic carbocycles. The lowest BCUT2D eigenvalue weighted by atomic mass is 10.0. The largest absolute Gasteiger partial charge is 0.376 e. The number of carbonyl (C=O) groups excluding carboxylic acids is 2. The minimum Gasteiger partial charge on any atom is -0.376 e. The van der Waals surface area contributed by atoms with E-state index >= 15 is 0 Å². The molecule has 2 aromatic carbocycles. The molecule has 0 radical (unpaired) electrons. The number of aryl methyl sites for hydroxylation is 3. The summed E-state index contributed by atoms with van der Waals surface area (Å²) in [6, 6.07) is 11.6. The summed E-state index contributed by atoms with van der Waals surface area (Å²) in [5.41, 5.74) is 5.51. The monoisotopic (exact) mass is 394 g/mol. The van der Waals surface area contributed by atoms with Crippen LogP contribution in [0, 0.1) is 27.7 Å². The predicted molar refractivity (Wildman–Crippen MR) is 115 cm³/mol. The number of benzene rings is 2. The lowest BCUT2D eigenvalue weighted by Crippen LogP contribution is -2.42. The molecule has 0 bridgehead atoms. The number of nitrogens with one attached hydrogen (secondary N) is 1. The molecular weight excluding hydrogens is 364 g/mol. The van der Waals surface area contributed by atoms with E-state index in [1.54, 1.807) is 4.90 Å². The fourth-order valence-corrected chi connectivity index (χ4v) is 3.64. The summed E-state index contributed by atoms with van der Waals surface area (Å²) in [7, 11) is 0. The van der Waals surface area contributed by atoms with Crippen LogP contribution in [0.15, 0.2) is 36.4 Å². The van der Waals surface area contributed by atoms with Crippen molar-refractivity contribution in [2.45, 2.75) is 46.6 Å². The van der Waals surface area contributed by atoms with E-state index < -0.39 is 0 Å². The van der Waals surface area contributed by atoms with Crippen molar-refractivity contribution in [3.05, 3.63) is 64.2 Å². The van der Waals surface area contributed by atoms with Crippen LogP contribution in [0.3, 0.4) is 0 Å². The average Bonchev–Trinajstić information content (AvgIpc) is 3.19. The molecule has 1 N–H and O–H groups in total. The zero-order valence-electron chi connectivity index (χ0n) is 17.7. The molecule has 5 nitrogen and oxygen atoms in total. The van der Waals surface area contributed by atoms with Gasteiger partial charge in [0, 0.05) is 24.4 Å². The van der Waals surface area contributed by atoms with Gasteiger partial charge in [-0.15, -0.1) is 0 Å². The third-order valence-electron chi connectivity index (χ3n) is 5.57. The summed E-state index contributed by atoms with van der Waals surface area (Å²) in [6.07, 6.45) is 1.89. The fourth-order valence-electron chi connectivity index (χ4n) is 3.64. The number of hydrogen-bond donors (Lipinski definition) is 1. The zero-order valence-corrected chi connectivity index (χ0v) is 17.7. The highest BCUT2D eigenvalue weighted by molar-refractivity contribution is 6.00. The first kappa shape index (κ1) is 21.1. The lowest BCUT2D eigenvalue weighted by Gasteiger charge is -2.26. The summed E-state index contributed by atoms with van der Waals surface area (Å²) in [5.74, 6) is -0.326. The van der Waals surface area contributed by atoms with Gasteiger partial charge in [-0.2, -0.15) is 0 Å². The molecular formula is C24H30N2O3. The number of ether oxygens (including phenoxy) is 1. The van der Waals surface area contributed by atoms with E-state index in [0.717, 1.165) is 40.8 Å². The standard InChI is InChI=1S/C24H30N2O3/c1-16-10-11-18(3)21(13-16)24(28)26(14-20-8-6-12-29-20)15-23(27)25-22-9-5-7-17(2)19(22)4/h5,7,9-11,13,20H,6,8,12,14-15H2,1-4H3,(H,25,27). The Morgan fingerprint density at radius 3 is 2.62 bits per heavy atom. The highest BCUT2D eigenvalue weighted by Gasteiger charge is 2.26. The maximum absolute atomic E-state index is 13.3. The Morgan fingerprint density at radius 1 is 1.10 bits per heavy atom. The highest BCUT2D eigenvalue weighted by atomic mass is 16.5. The minimum atomic E-state index is -0.199. The molecule has 1 aliphatic rings. The van der Waals surface area contributed by atoms with Crippen molar-refractivity contribution < 1.29 is 14.3 Å². The summed E-state index contributed by atoms with van der Waals surface area (Å²) < 4.78 is 5.73. The number of carbonyl (C=O) groups is 2. The van der Waals surface area contributed by atoms with Gasteiger partial charge in [-0.25, -0.2) is 0 Å². The van der Waals surface area contributed by atoms with Crippen LogP contribution in [0.5, 0.6) is 0 Å². The molecule has 1 atom stereocenters. The molecule has 3 rings (SSSR count). The first-order valence-corrected chi connectivity index (χ1v) is 10.2. The zero-order chi connectivity index (χ0) is 21.0. The van der Waals surface area contributed by atoms with Gasteiger partial charge in [0.15, 0.2) is 0 Å². The van der Waals surface area contributed by atoms with Gasteiger partial charge in [-0.1, -0.05) is 29.8 Å². The molecule has 1 heterocycles. The molecule has 2 amide bonds. The van der Waals surface area contributed by atoms with Gasteiger partial charge >= 0.3 is 0 Å². The molecule has 1 saturated heterocycles. The summed E-state index contributed by atoms with van der Waals surface area (Å²) in [6.45, 7) is 9.02. The second-order valence-corrected chi connectivity index (χ2v) is 7.93. The second-order valence-electron chi connectivity index (χ2n) is 7.93. The van der Waals surface area contributed by atoms with Crippen LogP contribution in [0.4, 0.5) is 5.69 Å². The van der Waals surface area contributed by atoms with Gasteiger partial charge in [-0.3, -0.25) is 9.59 Å². The predicted octanol–water partition coefficient (Wildman–Crippen LogP) is 4.18. The Bertz CT molecular complexity index is 901. The number of hydrogen-bond acceptors (Lipinski definition) is 3. The van der Waals surface area contributed by atoms with Gasteiger partial charge in [-0.05, 0) is 69.4 Å². The van der Waals surface area contributed by atoms with Gasteiger partial charge < -0.3 is 15.0 Å². The van der Waals surface area contributed by atoms with E-state index in [1.807, 2.05) is 64.1 Å². The Kier molecular flexibility index (Phi) is 6.70. The molecule has 1 aliphatic heterocycles. The number of rotatable bonds is 6. The first-order chi connectivity index (χ1) is 13.8. The minimum absolute atomic E-state index is 0.000539. The van der Waals surface area contributed by atoms with E-state index in [-0.39, 0.29) is 24.5 Å². The number of amides is 2. The smallest absolute Gasteiger partial charge is 0.254 e. The molecule has 1 unspecified atom stereocenters. The van der Waals surface area contributed by atoms with Crippen molar-refractivity contribution in [2.24, 2.45) is 0 Å². The van der Waals surface area contributed by atoms with Crippen LogP contribution in [0.2, 0.25) is 0 Å². The van der Waals surface area contributed by atoms with Crippen LogP contribution in [0.1, 0.15) is 45.5 Å². The molecule has 5 heteroatoms. The Morgan fingerprint density at radius 2 is 1.90 bits per heavy atom. The second kappa shape index (κ2) is 9.23. The van der Waals surface area contributed by atoms with Crippen molar-refractivity contribution in [3.8, 4) is 0 Å². The van der Waals surface area contributed by atoms with Gasteiger partial charge in [0.05, 0.1) is 6.10 Å². The maximum Gasteiger partial charge on any atom is 0.254 e. The molecule has 0 saturated carbocycles. The van der Waals surface area contributed by atoms with Crippen LogP contribution in [-0.2, 0) is 9.53 Å². The number of anilines is 1. The van der Waals surface area contributed by atoms with Crippen LogP contribution in [-0.4, -0.2) is 42.5 Å². The van der Waals surface area contributed by atoms with Gasteiger partial charge in [0.1, 0.15) is 6.54 Å². The van der Waals surface area contributed by atoms with Crippen molar-refractivity contribution >= 4 is 17.5 Å². The summed E-state index contributed by atoms with van der Waals surface area (Å²) >= 11 is 0. The average molecular weight is 395 g/mol. The SMILES string of the molecule is Cc1ccc(C)c(C(=O)N(CC(=O)Nc2cccc(C)c2C)CC2CCCO2)c1.